The number of hydrogen-bond acceptors (Lipinski definition) is 3. The fraction of sp³-hybridized carbons (Fsp3) is 0.381. The summed E-state index contributed by atoms with van der Waals surface area (Å²) in [6.45, 7) is 18.9. The molecule has 0 aliphatic heterocycles. The Balaban J connectivity index is 3.38. The van der Waals surface area contributed by atoms with Crippen LogP contribution in [-0.4, -0.2) is 23.5 Å². The summed E-state index contributed by atoms with van der Waals surface area (Å²) in [5.41, 5.74) is 0.757. The van der Waals surface area contributed by atoms with Gasteiger partial charge in [-0.15, -0.1) is 0 Å². The molecule has 5 nitrogen and oxygen atoms in total. The average molecular weight is 390 g/mol. The molecule has 0 atom stereocenters. The number of hydrogen-bond donors (Lipinski definition) is 1. The van der Waals surface area contributed by atoms with E-state index in [0.29, 0.717) is 17.1 Å². The van der Waals surface area contributed by atoms with Crippen LogP contribution in [0.2, 0.25) is 0 Å². The van der Waals surface area contributed by atoms with Crippen molar-refractivity contribution in [2.75, 3.05) is 0 Å². The van der Waals surface area contributed by atoms with Crippen molar-refractivity contribution >= 4 is 27.9 Å². The lowest BCUT2D eigenvalue weighted by atomic mass is 9.92. The van der Waals surface area contributed by atoms with Gasteiger partial charge < -0.3 is 4.57 Å². The summed E-state index contributed by atoms with van der Waals surface area (Å²) >= 11 is 0. The zero-order valence-electron chi connectivity index (χ0n) is 17.2. The quantitative estimate of drug-likeness (QED) is 0.614. The summed E-state index contributed by atoms with van der Waals surface area (Å²) in [4.78, 5) is 4.62. The van der Waals surface area contributed by atoms with Crippen molar-refractivity contribution in [1.82, 2.24) is 14.3 Å². The van der Waals surface area contributed by atoms with Crippen molar-refractivity contribution in [1.29, 1.82) is 0 Å². The Morgan fingerprint density at radius 1 is 1.30 bits per heavy atom. The van der Waals surface area contributed by atoms with Crippen molar-refractivity contribution < 1.29 is 8.42 Å². The third-order valence-electron chi connectivity index (χ3n) is 4.51. The molecule has 0 radical (unpaired) electrons. The molecule has 0 aliphatic carbocycles. The van der Waals surface area contributed by atoms with E-state index in [2.05, 4.69) is 22.9 Å². The molecular weight excluding hydrogens is 358 g/mol. The lowest BCUT2D eigenvalue weighted by Crippen LogP contribution is -2.47. The van der Waals surface area contributed by atoms with Gasteiger partial charge in [0.15, 0.2) is 0 Å². The molecule has 1 rings (SSSR count). The van der Waals surface area contributed by atoms with E-state index in [9.17, 15) is 8.42 Å². The highest BCUT2D eigenvalue weighted by molar-refractivity contribution is 7.93. The van der Waals surface area contributed by atoms with Gasteiger partial charge in [-0.3, -0.25) is 0 Å². The second kappa shape index (κ2) is 9.15. The maximum absolute atomic E-state index is 12.9. The van der Waals surface area contributed by atoms with Crippen LogP contribution in [0.4, 0.5) is 0 Å². The molecule has 0 spiro atoms. The van der Waals surface area contributed by atoms with Crippen LogP contribution < -0.4 is 4.72 Å². The second-order valence-corrected chi connectivity index (χ2v) is 8.74. The molecule has 6 heteroatoms. The van der Waals surface area contributed by atoms with Crippen LogP contribution in [0.1, 0.15) is 53.1 Å². The first-order valence-corrected chi connectivity index (χ1v) is 10.4. The van der Waals surface area contributed by atoms with E-state index in [4.69, 9.17) is 0 Å². The number of aromatic nitrogens is 2. The van der Waals surface area contributed by atoms with Gasteiger partial charge in [-0.2, -0.15) is 0 Å². The number of imidazole rings is 1. The molecule has 1 N–H and O–H groups in total. The molecule has 0 unspecified atom stereocenters. The molecule has 0 saturated heterocycles. The minimum absolute atomic E-state index is 0.102. The standard InChI is InChI=1S/C21H31N3O2S/c1-9-13-24-15-19(22-20(24)12-4)17(10-2)14-18(11-3)27(25,26)23-21(7,8)16(5)6/h9-16,23H,3-4H2,1-2,5-8H3/b13-9-,17-10+,18-14+. The lowest BCUT2D eigenvalue weighted by Gasteiger charge is -2.30. The Morgan fingerprint density at radius 2 is 1.93 bits per heavy atom. The maximum atomic E-state index is 12.9. The van der Waals surface area contributed by atoms with E-state index in [1.807, 2.05) is 70.7 Å². The smallest absolute Gasteiger partial charge is 0.241 e. The predicted molar refractivity (Wildman–Crippen MR) is 116 cm³/mol. The highest BCUT2D eigenvalue weighted by Crippen LogP contribution is 2.23. The monoisotopic (exact) mass is 389 g/mol. The molecule has 0 aromatic carbocycles. The Morgan fingerprint density at radius 3 is 2.37 bits per heavy atom. The second-order valence-electron chi connectivity index (χ2n) is 7.05. The summed E-state index contributed by atoms with van der Waals surface area (Å²) in [6, 6.07) is 0. The molecule has 0 aliphatic rings. The molecule has 0 fully saturated rings. The van der Waals surface area contributed by atoms with Crippen molar-refractivity contribution in [2.24, 2.45) is 5.92 Å². The van der Waals surface area contributed by atoms with Crippen LogP contribution in [0.3, 0.4) is 0 Å². The lowest BCUT2D eigenvalue weighted by molar-refractivity contribution is 0.337. The van der Waals surface area contributed by atoms with Crippen molar-refractivity contribution in [3.8, 4) is 0 Å². The van der Waals surface area contributed by atoms with Gasteiger partial charge in [0.2, 0.25) is 10.0 Å². The van der Waals surface area contributed by atoms with Crippen LogP contribution in [0.15, 0.2) is 48.6 Å². The number of sulfonamides is 1. The predicted octanol–water partition coefficient (Wildman–Crippen LogP) is 4.84. The van der Waals surface area contributed by atoms with Gasteiger partial charge >= 0.3 is 0 Å². The van der Waals surface area contributed by atoms with Crippen LogP contribution in [0.5, 0.6) is 0 Å². The molecule has 0 bridgehead atoms. The molecule has 27 heavy (non-hydrogen) atoms. The van der Waals surface area contributed by atoms with Crippen LogP contribution in [-0.2, 0) is 10.0 Å². The third-order valence-corrected chi connectivity index (χ3v) is 6.21. The van der Waals surface area contributed by atoms with Gasteiger partial charge in [-0.05, 0) is 57.4 Å². The summed E-state index contributed by atoms with van der Waals surface area (Å²) < 4.78 is 30.3. The highest BCUT2D eigenvalue weighted by Gasteiger charge is 2.29. The van der Waals surface area contributed by atoms with E-state index in [0.717, 1.165) is 0 Å². The fourth-order valence-corrected chi connectivity index (χ4v) is 3.75. The van der Waals surface area contributed by atoms with Gasteiger partial charge in [-0.25, -0.2) is 18.1 Å². The normalized spacial score (nSPS) is 14.2. The summed E-state index contributed by atoms with van der Waals surface area (Å²) in [5, 5.41) is 0. The van der Waals surface area contributed by atoms with Crippen molar-refractivity contribution in [3.05, 3.63) is 60.1 Å². The molecular formula is C21H31N3O2S. The Kier molecular flexibility index (Phi) is 7.75. The first-order chi connectivity index (χ1) is 12.5. The third kappa shape index (κ3) is 5.65. The van der Waals surface area contributed by atoms with Crippen molar-refractivity contribution in [2.45, 2.75) is 47.1 Å². The van der Waals surface area contributed by atoms with Gasteiger partial charge in [-0.1, -0.05) is 39.2 Å². The molecule has 1 aromatic heterocycles. The number of allylic oxidation sites excluding steroid dienone is 5. The van der Waals surface area contributed by atoms with E-state index < -0.39 is 15.6 Å². The molecule has 148 valence electrons. The minimum atomic E-state index is -3.72. The zero-order valence-corrected chi connectivity index (χ0v) is 18.0. The zero-order chi connectivity index (χ0) is 20.8. The molecule has 1 heterocycles. The summed E-state index contributed by atoms with van der Waals surface area (Å²) in [7, 11) is -3.72. The topological polar surface area (TPSA) is 64.0 Å². The van der Waals surface area contributed by atoms with Crippen molar-refractivity contribution in [3.63, 3.8) is 0 Å². The Bertz CT molecular complexity index is 883. The largest absolute Gasteiger partial charge is 0.307 e. The molecule has 0 amide bonds. The maximum Gasteiger partial charge on any atom is 0.241 e. The first-order valence-electron chi connectivity index (χ1n) is 8.91. The van der Waals surface area contributed by atoms with Gasteiger partial charge in [0.1, 0.15) is 5.82 Å². The Hall–Kier alpha value is -2.18. The number of nitrogens with one attached hydrogen (secondary N) is 1. The minimum Gasteiger partial charge on any atom is -0.307 e. The fourth-order valence-electron chi connectivity index (χ4n) is 2.21. The highest BCUT2D eigenvalue weighted by atomic mass is 32.2. The van der Waals surface area contributed by atoms with Gasteiger partial charge in [0.25, 0.3) is 0 Å². The van der Waals surface area contributed by atoms with Crippen LogP contribution >= 0.6 is 0 Å². The Labute approximate surface area is 164 Å². The summed E-state index contributed by atoms with van der Waals surface area (Å²) in [5.74, 6) is 0.809. The SMILES string of the molecule is C=C/C(=C\C(=C/C)c1cn(/C=C\C)c(C=C)n1)S(=O)(=O)NC(C)(C)C(C)C. The van der Waals surface area contributed by atoms with Gasteiger partial charge in [0, 0.05) is 17.9 Å². The van der Waals surface area contributed by atoms with E-state index >= 15 is 0 Å². The van der Waals surface area contributed by atoms with Crippen LogP contribution in [0, 0.1) is 5.92 Å². The molecule has 1 aromatic rings. The van der Waals surface area contributed by atoms with E-state index in [1.54, 1.807) is 12.2 Å². The number of rotatable bonds is 9. The first kappa shape index (κ1) is 22.9. The van der Waals surface area contributed by atoms with E-state index in [1.165, 1.54) is 6.08 Å². The van der Waals surface area contributed by atoms with Gasteiger partial charge in [0.05, 0.1) is 10.6 Å². The van der Waals surface area contributed by atoms with E-state index in [-0.39, 0.29) is 10.8 Å². The number of nitrogens with zero attached hydrogens (tertiary/aromatic N) is 2. The molecule has 0 saturated carbocycles. The average Bonchev–Trinajstić information content (AvgIpc) is 2.97. The summed E-state index contributed by atoms with van der Waals surface area (Å²) in [6.07, 6.45) is 12.0. The van der Waals surface area contributed by atoms with Crippen LogP contribution in [0.25, 0.3) is 17.8 Å².